The molecule has 1 aliphatic heterocycles. The molecule has 1 aliphatic carbocycles. The third-order valence-electron chi connectivity index (χ3n) is 6.94. The predicted molar refractivity (Wildman–Crippen MR) is 148 cm³/mol. The third-order valence-corrected chi connectivity index (χ3v) is 8.05. The zero-order valence-electron chi connectivity index (χ0n) is 21.4. The van der Waals surface area contributed by atoms with Crippen molar-refractivity contribution in [1.29, 1.82) is 0 Å². The van der Waals surface area contributed by atoms with Crippen LogP contribution < -0.4 is 9.46 Å². The summed E-state index contributed by atoms with van der Waals surface area (Å²) in [4.78, 5) is 14.6. The zero-order chi connectivity index (χ0) is 27.6. The third kappa shape index (κ3) is 7.18. The van der Waals surface area contributed by atoms with Crippen LogP contribution in [0.2, 0.25) is 10.0 Å². The number of piperidine rings is 1. The fourth-order valence-corrected chi connectivity index (χ4v) is 5.85. The number of hydrogen-bond donors (Lipinski definition) is 1. The molecule has 4 rings (SSSR count). The van der Waals surface area contributed by atoms with Crippen LogP contribution in [0.25, 0.3) is 0 Å². The smallest absolute Gasteiger partial charge is 0.265 e. The number of hydrogen-bond acceptors (Lipinski definition) is 5. The SMILES string of the molecule is C=S(C)(=O)NC(=O)c1cc(C2CC2)c(OCC2CCN(C(COC)c3cc(Cl)cc(Cl)c3F)CC2)cc1F. The number of ether oxygens (including phenoxy) is 2. The van der Waals surface area contributed by atoms with Gasteiger partial charge in [-0.2, -0.15) is 0 Å². The van der Waals surface area contributed by atoms with E-state index >= 15 is 0 Å². The van der Waals surface area contributed by atoms with Crippen molar-refractivity contribution < 1.29 is 27.3 Å². The van der Waals surface area contributed by atoms with Crippen molar-refractivity contribution in [2.24, 2.45) is 5.92 Å². The molecular formula is C27H32Cl2F2N2O4S. The summed E-state index contributed by atoms with van der Waals surface area (Å²) in [5.74, 6) is 2.28. The van der Waals surface area contributed by atoms with Crippen LogP contribution in [0.1, 0.15) is 59.1 Å². The molecule has 0 spiro atoms. The number of carbonyl (C=O) groups excluding carboxylic acids is 1. The Bertz CT molecular complexity index is 1300. The van der Waals surface area contributed by atoms with E-state index in [0.29, 0.717) is 42.6 Å². The van der Waals surface area contributed by atoms with E-state index in [1.807, 2.05) is 0 Å². The van der Waals surface area contributed by atoms with E-state index in [9.17, 15) is 17.8 Å². The number of rotatable bonds is 10. The van der Waals surface area contributed by atoms with Crippen LogP contribution in [0.3, 0.4) is 0 Å². The highest BCUT2D eigenvalue weighted by Gasteiger charge is 2.32. The lowest BCUT2D eigenvalue weighted by Crippen LogP contribution is -2.40. The van der Waals surface area contributed by atoms with Crippen LogP contribution in [0.5, 0.6) is 5.75 Å². The number of nitrogens with zero attached hydrogens (tertiary/aromatic N) is 1. The summed E-state index contributed by atoms with van der Waals surface area (Å²) in [6.07, 6.45) is 4.75. The Morgan fingerprint density at radius 2 is 1.87 bits per heavy atom. The second-order valence-corrected chi connectivity index (χ2v) is 13.2. The number of methoxy groups -OCH3 is 1. The van der Waals surface area contributed by atoms with Crippen molar-refractivity contribution in [1.82, 2.24) is 9.62 Å². The second-order valence-electron chi connectivity index (χ2n) is 10.1. The molecule has 1 amide bonds. The first kappa shape index (κ1) is 29.1. The lowest BCUT2D eigenvalue weighted by molar-refractivity contribution is 0.0540. The van der Waals surface area contributed by atoms with Gasteiger partial charge < -0.3 is 9.47 Å². The fraction of sp³-hybridized carbons (Fsp3) is 0.481. The Kier molecular flexibility index (Phi) is 9.25. The van der Waals surface area contributed by atoms with E-state index in [2.05, 4.69) is 15.5 Å². The molecule has 11 heteroatoms. The molecule has 38 heavy (non-hydrogen) atoms. The minimum absolute atomic E-state index is 0.0197. The van der Waals surface area contributed by atoms with E-state index in [1.54, 1.807) is 13.2 Å². The van der Waals surface area contributed by atoms with Gasteiger partial charge in [-0.05, 0) is 80.2 Å². The largest absolute Gasteiger partial charge is 0.493 e. The van der Waals surface area contributed by atoms with Gasteiger partial charge >= 0.3 is 0 Å². The van der Waals surface area contributed by atoms with Crippen molar-refractivity contribution in [3.8, 4) is 5.75 Å². The molecule has 2 unspecified atom stereocenters. The molecule has 6 nitrogen and oxygen atoms in total. The monoisotopic (exact) mass is 588 g/mol. The van der Waals surface area contributed by atoms with Crippen molar-refractivity contribution in [3.05, 3.63) is 62.6 Å². The molecule has 1 saturated heterocycles. The average molecular weight is 590 g/mol. The Morgan fingerprint density at radius 3 is 2.47 bits per heavy atom. The molecule has 208 valence electrons. The molecule has 1 N–H and O–H groups in total. The van der Waals surface area contributed by atoms with Crippen LogP contribution in [0.15, 0.2) is 24.3 Å². The normalized spacial score (nSPS) is 19.1. The van der Waals surface area contributed by atoms with E-state index in [0.717, 1.165) is 31.2 Å². The molecule has 0 aromatic heterocycles. The highest BCUT2D eigenvalue weighted by Crippen LogP contribution is 2.45. The molecule has 2 atom stereocenters. The Balaban J connectivity index is 1.41. The summed E-state index contributed by atoms with van der Waals surface area (Å²) in [5, 5.41) is 0.348. The minimum Gasteiger partial charge on any atom is -0.493 e. The second kappa shape index (κ2) is 12.1. The van der Waals surface area contributed by atoms with E-state index < -0.39 is 27.2 Å². The number of benzene rings is 2. The number of carbonyl (C=O) groups is 1. The predicted octanol–water partition coefficient (Wildman–Crippen LogP) is 5.62. The maximum absolute atomic E-state index is 14.8. The van der Waals surface area contributed by atoms with Gasteiger partial charge in [0, 0.05) is 39.7 Å². The van der Waals surface area contributed by atoms with Gasteiger partial charge in [0.05, 0.1) is 29.8 Å². The van der Waals surface area contributed by atoms with E-state index in [1.165, 1.54) is 24.5 Å². The van der Waals surface area contributed by atoms with Gasteiger partial charge in [0.2, 0.25) is 0 Å². The van der Waals surface area contributed by atoms with Crippen LogP contribution >= 0.6 is 23.2 Å². The van der Waals surface area contributed by atoms with Gasteiger partial charge in [-0.15, -0.1) is 0 Å². The first-order valence-electron chi connectivity index (χ1n) is 12.4. The minimum atomic E-state index is -2.82. The van der Waals surface area contributed by atoms with Gasteiger partial charge in [0.15, 0.2) is 0 Å². The number of halogens is 4. The van der Waals surface area contributed by atoms with Gasteiger partial charge in [0.25, 0.3) is 5.91 Å². The maximum atomic E-state index is 14.8. The summed E-state index contributed by atoms with van der Waals surface area (Å²) < 4.78 is 55.3. The number of amides is 1. The lowest BCUT2D eigenvalue weighted by atomic mass is 9.94. The van der Waals surface area contributed by atoms with Gasteiger partial charge in [-0.1, -0.05) is 23.2 Å². The van der Waals surface area contributed by atoms with Crippen molar-refractivity contribution in [2.45, 2.75) is 37.6 Å². The van der Waals surface area contributed by atoms with Crippen molar-refractivity contribution >= 4 is 44.7 Å². The maximum Gasteiger partial charge on any atom is 0.265 e. The van der Waals surface area contributed by atoms with E-state index in [-0.39, 0.29) is 28.5 Å². The van der Waals surface area contributed by atoms with E-state index in [4.69, 9.17) is 32.7 Å². The molecular weight excluding hydrogens is 557 g/mol. The Labute approximate surface area is 232 Å². The van der Waals surface area contributed by atoms with Gasteiger partial charge in [-0.25, -0.2) is 13.0 Å². The average Bonchev–Trinajstić information content (AvgIpc) is 3.68. The summed E-state index contributed by atoms with van der Waals surface area (Å²) in [7, 11) is -1.25. The molecule has 1 saturated carbocycles. The summed E-state index contributed by atoms with van der Waals surface area (Å²) in [5.41, 5.74) is 1.03. The van der Waals surface area contributed by atoms with Crippen LogP contribution in [-0.4, -0.2) is 60.6 Å². The number of nitrogens with one attached hydrogen (secondary N) is 1. The topological polar surface area (TPSA) is 67.9 Å². The van der Waals surface area contributed by atoms with Crippen molar-refractivity contribution in [3.63, 3.8) is 0 Å². The highest BCUT2D eigenvalue weighted by molar-refractivity contribution is 7.98. The molecule has 2 aromatic carbocycles. The standard InChI is InChI=1S/C27H32Cl2F2N2O4S/c1-36-15-24(21-10-18(28)11-22(29)26(21)31)33-8-6-16(7-9-33)14-37-25-13-23(30)20(12-19(25)17-4-5-17)27(34)32-38(2,3)35/h10-13,16-17,24H,2,4-9,14-15H2,1,3H3,(H,32,34,35). The summed E-state index contributed by atoms with van der Waals surface area (Å²) in [6, 6.07) is 5.40. The number of likely N-dealkylation sites (tertiary alicyclic amines) is 1. The van der Waals surface area contributed by atoms with Gasteiger partial charge in [0.1, 0.15) is 17.4 Å². The molecule has 0 bridgehead atoms. The van der Waals surface area contributed by atoms with Crippen LogP contribution in [0.4, 0.5) is 8.78 Å². The molecule has 2 aromatic rings. The lowest BCUT2D eigenvalue weighted by Gasteiger charge is -2.37. The summed E-state index contributed by atoms with van der Waals surface area (Å²) in [6.45, 7) is 2.07. The van der Waals surface area contributed by atoms with Crippen LogP contribution in [-0.2, 0) is 14.4 Å². The first-order valence-corrected chi connectivity index (χ1v) is 15.3. The van der Waals surface area contributed by atoms with Crippen LogP contribution in [0, 0.1) is 17.6 Å². The summed E-state index contributed by atoms with van der Waals surface area (Å²) >= 11 is 12.2. The Hall–Kier alpha value is -1.91. The van der Waals surface area contributed by atoms with Crippen molar-refractivity contribution in [2.75, 3.05) is 39.7 Å². The molecule has 1 heterocycles. The highest BCUT2D eigenvalue weighted by atomic mass is 35.5. The Morgan fingerprint density at radius 1 is 1.18 bits per heavy atom. The van der Waals surface area contributed by atoms with Gasteiger partial charge in [-0.3, -0.25) is 14.4 Å². The zero-order valence-corrected chi connectivity index (χ0v) is 23.7. The first-order chi connectivity index (χ1) is 18.0. The molecule has 2 aliphatic rings. The molecule has 2 fully saturated rings. The fourth-order valence-electron chi connectivity index (χ4n) is 4.84. The molecule has 0 radical (unpaired) electrons. The quantitative estimate of drug-likeness (QED) is 0.288.